The Hall–Kier alpha value is -3.34. The minimum absolute atomic E-state index is 0.0770. The van der Waals surface area contributed by atoms with Crippen molar-refractivity contribution in [2.24, 2.45) is 0 Å². The number of imidazole rings is 1. The van der Waals surface area contributed by atoms with E-state index in [-0.39, 0.29) is 11.9 Å². The Morgan fingerprint density at radius 1 is 1.19 bits per heavy atom. The molecule has 7 nitrogen and oxygen atoms in total. The number of nitrogens with zero attached hydrogens (tertiary/aromatic N) is 4. The van der Waals surface area contributed by atoms with Crippen LogP contribution in [0.1, 0.15) is 23.2 Å². The number of nitrogens with one attached hydrogen (secondary N) is 1. The molecular formula is C23H20ClN5O2. The summed E-state index contributed by atoms with van der Waals surface area (Å²) in [6, 6.07) is 10.8. The molecule has 1 fully saturated rings. The quantitative estimate of drug-likeness (QED) is 0.541. The summed E-state index contributed by atoms with van der Waals surface area (Å²) in [6.45, 7) is 9.75. The lowest BCUT2D eigenvalue weighted by Crippen LogP contribution is -2.37. The molecule has 8 bridgehead atoms. The first-order valence-electron chi connectivity index (χ1n) is 10.1. The molecule has 1 saturated heterocycles. The zero-order chi connectivity index (χ0) is 21.4. The zero-order valence-corrected chi connectivity index (χ0v) is 17.5. The first-order valence-corrected chi connectivity index (χ1v) is 10.5. The molecule has 0 aliphatic carbocycles. The van der Waals surface area contributed by atoms with Gasteiger partial charge in [0.05, 0.1) is 24.6 Å². The van der Waals surface area contributed by atoms with E-state index < -0.39 is 0 Å². The van der Waals surface area contributed by atoms with Gasteiger partial charge >= 0.3 is 0 Å². The lowest BCUT2D eigenvalue weighted by molar-refractivity contribution is -0.129. The molecule has 0 radical (unpaired) electrons. The van der Waals surface area contributed by atoms with Crippen molar-refractivity contribution in [1.29, 1.82) is 0 Å². The largest absolute Gasteiger partial charge is 0.468 e. The number of fused-ring (bicyclic) bond motifs is 8. The van der Waals surface area contributed by atoms with Gasteiger partial charge < -0.3 is 19.5 Å². The molecule has 31 heavy (non-hydrogen) atoms. The third-order valence-electron chi connectivity index (χ3n) is 5.56. The Balaban J connectivity index is 1.55. The van der Waals surface area contributed by atoms with E-state index in [1.165, 1.54) is 0 Å². The fraction of sp³-hybridized carbons (Fsp3) is 0.261. The van der Waals surface area contributed by atoms with Crippen molar-refractivity contribution in [1.82, 2.24) is 19.8 Å². The zero-order valence-electron chi connectivity index (χ0n) is 16.7. The van der Waals surface area contributed by atoms with Gasteiger partial charge in [0.15, 0.2) is 0 Å². The van der Waals surface area contributed by atoms with Crippen LogP contribution in [-0.4, -0.2) is 32.9 Å². The summed E-state index contributed by atoms with van der Waals surface area (Å²) in [7, 11) is 0. The number of carbonyl (C=O) groups is 1. The number of hydrogen-bond donors (Lipinski definition) is 1. The number of benzene rings is 2. The van der Waals surface area contributed by atoms with Crippen molar-refractivity contribution in [3.05, 3.63) is 82.2 Å². The van der Waals surface area contributed by atoms with Crippen molar-refractivity contribution < 1.29 is 9.53 Å². The van der Waals surface area contributed by atoms with Crippen LogP contribution >= 0.6 is 11.6 Å². The smallest absolute Gasteiger partial charge is 0.240 e. The van der Waals surface area contributed by atoms with Gasteiger partial charge in [-0.25, -0.2) is 9.83 Å². The number of rotatable bonds is 0. The minimum Gasteiger partial charge on any atom is -0.468 e. The number of aromatic nitrogens is 2. The van der Waals surface area contributed by atoms with E-state index in [1.807, 2.05) is 39.9 Å². The van der Waals surface area contributed by atoms with Gasteiger partial charge in [0.2, 0.25) is 11.6 Å². The number of hydrogen-bond acceptors (Lipinski definition) is 4. The first kappa shape index (κ1) is 19.6. The van der Waals surface area contributed by atoms with Gasteiger partial charge in [0.1, 0.15) is 11.5 Å². The summed E-state index contributed by atoms with van der Waals surface area (Å²) < 4.78 is 8.07. The molecule has 5 rings (SSSR count). The molecule has 3 aromatic rings. The molecule has 3 heterocycles. The van der Waals surface area contributed by atoms with E-state index in [0.717, 1.165) is 23.2 Å². The molecule has 2 aliphatic rings. The molecule has 1 aromatic heterocycles. The first-order chi connectivity index (χ1) is 15.1. The molecule has 156 valence electrons. The molecule has 0 saturated carbocycles. The van der Waals surface area contributed by atoms with E-state index in [2.05, 4.69) is 15.1 Å². The standard InChI is InChI=1S/C23H20ClN5O2/c1-25-20-3-2-15-8-22(20)31-19-7-16(6-17(24)9-19)12-29-5-4-21(23(29)30)26-10-18-13-28(11-15)14-27-18/h2-3,6-9,13-14,21,26H,4-5,10-12H2/t21-/m1/s1. The van der Waals surface area contributed by atoms with Gasteiger partial charge in [-0.1, -0.05) is 23.7 Å². The van der Waals surface area contributed by atoms with Crippen LogP contribution < -0.4 is 10.1 Å². The highest BCUT2D eigenvalue weighted by Crippen LogP contribution is 2.35. The molecule has 2 aliphatic heterocycles. The molecule has 0 spiro atoms. The van der Waals surface area contributed by atoms with Crippen LogP contribution in [0.5, 0.6) is 11.5 Å². The maximum atomic E-state index is 12.8. The van der Waals surface area contributed by atoms with Crippen LogP contribution in [0.15, 0.2) is 48.9 Å². The number of carbonyl (C=O) groups excluding carboxylic acids is 1. The Morgan fingerprint density at radius 3 is 2.97 bits per heavy atom. The predicted octanol–water partition coefficient (Wildman–Crippen LogP) is 4.13. The number of amides is 1. The molecule has 1 atom stereocenters. The summed E-state index contributed by atoms with van der Waals surface area (Å²) in [5, 5.41) is 3.86. The van der Waals surface area contributed by atoms with Gasteiger partial charge in [-0.2, -0.15) is 0 Å². The summed E-state index contributed by atoms with van der Waals surface area (Å²) in [6.07, 6.45) is 4.49. The fourth-order valence-electron chi connectivity index (χ4n) is 4.06. The van der Waals surface area contributed by atoms with Crippen LogP contribution in [0, 0.1) is 6.57 Å². The predicted molar refractivity (Wildman–Crippen MR) is 116 cm³/mol. The van der Waals surface area contributed by atoms with E-state index >= 15 is 0 Å². The third kappa shape index (κ3) is 4.13. The molecule has 2 aromatic carbocycles. The summed E-state index contributed by atoms with van der Waals surface area (Å²) in [4.78, 5) is 22.7. The van der Waals surface area contributed by atoms with Gasteiger partial charge in [-0.05, 0) is 41.8 Å². The van der Waals surface area contributed by atoms with Gasteiger partial charge in [0, 0.05) is 37.4 Å². The number of halogens is 1. The molecule has 1 amide bonds. The Kier molecular flexibility index (Phi) is 5.10. The molecule has 1 N–H and O–H groups in total. The van der Waals surface area contributed by atoms with Crippen LogP contribution in [0.4, 0.5) is 5.69 Å². The van der Waals surface area contributed by atoms with Gasteiger partial charge in [0.25, 0.3) is 0 Å². The van der Waals surface area contributed by atoms with Crippen LogP contribution in [-0.2, 0) is 24.4 Å². The SMILES string of the molecule is [C-]#[N+]c1ccc2cc1Oc1cc(Cl)cc(c1)CN1CC[C@@H](NCc3cn(cn3)C2)C1=O. The molecule has 0 unspecified atom stereocenters. The van der Waals surface area contributed by atoms with Crippen molar-refractivity contribution >= 4 is 23.2 Å². The maximum absolute atomic E-state index is 12.8. The highest BCUT2D eigenvalue weighted by molar-refractivity contribution is 6.30. The lowest BCUT2D eigenvalue weighted by Gasteiger charge is -2.18. The summed E-state index contributed by atoms with van der Waals surface area (Å²) in [5.41, 5.74) is 3.18. The van der Waals surface area contributed by atoms with Crippen molar-refractivity contribution in [2.75, 3.05) is 6.54 Å². The number of ether oxygens (including phenoxy) is 1. The van der Waals surface area contributed by atoms with Crippen LogP contribution in [0.3, 0.4) is 0 Å². The summed E-state index contributed by atoms with van der Waals surface area (Å²) in [5.74, 6) is 1.09. The van der Waals surface area contributed by atoms with E-state index in [1.54, 1.807) is 18.5 Å². The second-order valence-corrected chi connectivity index (χ2v) is 8.27. The molecule has 8 heteroatoms. The molecular weight excluding hydrogens is 414 g/mol. The van der Waals surface area contributed by atoms with Crippen LogP contribution in [0.2, 0.25) is 5.02 Å². The lowest BCUT2D eigenvalue weighted by atomic mass is 10.1. The Labute approximate surface area is 185 Å². The summed E-state index contributed by atoms with van der Waals surface area (Å²) >= 11 is 6.34. The second-order valence-electron chi connectivity index (χ2n) is 7.83. The van der Waals surface area contributed by atoms with E-state index in [4.69, 9.17) is 22.9 Å². The average molecular weight is 434 g/mol. The van der Waals surface area contributed by atoms with Crippen molar-refractivity contribution in [3.8, 4) is 11.5 Å². The monoisotopic (exact) mass is 433 g/mol. The Bertz CT molecular complexity index is 1200. The topological polar surface area (TPSA) is 63.8 Å². The van der Waals surface area contributed by atoms with E-state index in [0.29, 0.717) is 48.4 Å². The van der Waals surface area contributed by atoms with Gasteiger partial charge in [-0.3, -0.25) is 4.79 Å². The van der Waals surface area contributed by atoms with Crippen molar-refractivity contribution in [2.45, 2.75) is 32.1 Å². The van der Waals surface area contributed by atoms with Gasteiger partial charge in [-0.15, -0.1) is 0 Å². The fourth-order valence-corrected chi connectivity index (χ4v) is 4.31. The highest BCUT2D eigenvalue weighted by atomic mass is 35.5. The van der Waals surface area contributed by atoms with Crippen molar-refractivity contribution in [3.63, 3.8) is 0 Å². The second kappa shape index (κ2) is 8.06. The minimum atomic E-state index is -0.216. The maximum Gasteiger partial charge on any atom is 0.240 e. The Morgan fingerprint density at radius 2 is 2.10 bits per heavy atom. The highest BCUT2D eigenvalue weighted by Gasteiger charge is 2.31. The van der Waals surface area contributed by atoms with E-state index in [9.17, 15) is 4.79 Å². The normalized spacial score (nSPS) is 18.3. The van der Waals surface area contributed by atoms with Crippen LogP contribution in [0.25, 0.3) is 4.85 Å². The average Bonchev–Trinajstić information content (AvgIpc) is 3.32. The third-order valence-corrected chi connectivity index (χ3v) is 5.77.